The lowest BCUT2D eigenvalue weighted by molar-refractivity contribution is 0.268. The largest absolute Gasteiger partial charge is 0.399 e. The molecule has 0 amide bonds. The number of halogens is 2. The number of nitrogens with two attached hydrogens (primary N) is 1. The van der Waals surface area contributed by atoms with E-state index in [0.29, 0.717) is 6.04 Å². The van der Waals surface area contributed by atoms with Crippen LogP contribution in [0.2, 0.25) is 0 Å². The third-order valence-corrected chi connectivity index (χ3v) is 3.16. The van der Waals surface area contributed by atoms with Gasteiger partial charge in [0, 0.05) is 11.7 Å². The van der Waals surface area contributed by atoms with Crippen molar-refractivity contribution < 1.29 is 0 Å². The monoisotopic (exact) mass is 262 g/mol. The number of benzene rings is 1. The smallest absolute Gasteiger partial charge is 0.0316 e. The van der Waals surface area contributed by atoms with Gasteiger partial charge in [0.05, 0.1) is 0 Å². The second-order valence-corrected chi connectivity index (χ2v) is 4.39. The van der Waals surface area contributed by atoms with Crippen molar-refractivity contribution in [1.82, 2.24) is 4.90 Å². The minimum absolute atomic E-state index is 0. The van der Waals surface area contributed by atoms with Crippen LogP contribution >= 0.6 is 24.8 Å². The zero-order valence-electron chi connectivity index (χ0n) is 9.77. The highest BCUT2D eigenvalue weighted by atomic mass is 35.5. The Morgan fingerprint density at radius 1 is 1.19 bits per heavy atom. The first-order chi connectivity index (χ1) is 6.66. The molecule has 0 bridgehead atoms. The van der Waals surface area contributed by atoms with Gasteiger partial charge in [-0.15, -0.1) is 24.8 Å². The summed E-state index contributed by atoms with van der Waals surface area (Å²) in [4.78, 5) is 2.31. The molecule has 2 nitrogen and oxygen atoms in total. The van der Waals surface area contributed by atoms with Gasteiger partial charge < -0.3 is 10.6 Å². The summed E-state index contributed by atoms with van der Waals surface area (Å²) >= 11 is 0. The molecule has 0 saturated heterocycles. The summed E-state index contributed by atoms with van der Waals surface area (Å²) in [6.07, 6.45) is 3.61. The van der Waals surface area contributed by atoms with E-state index in [4.69, 9.17) is 5.73 Å². The van der Waals surface area contributed by atoms with Crippen LogP contribution in [0.5, 0.6) is 0 Å². The van der Waals surface area contributed by atoms with Crippen LogP contribution in [0.25, 0.3) is 0 Å². The van der Waals surface area contributed by atoms with Gasteiger partial charge in [-0.1, -0.05) is 6.07 Å². The SMILES string of the molecule is CN(C)C1CCc2ccc(N)cc2C1.Cl.Cl. The second-order valence-electron chi connectivity index (χ2n) is 4.39. The van der Waals surface area contributed by atoms with E-state index >= 15 is 0 Å². The number of nitrogens with zero attached hydrogens (tertiary/aromatic N) is 1. The minimum Gasteiger partial charge on any atom is -0.399 e. The van der Waals surface area contributed by atoms with Gasteiger partial charge in [-0.3, -0.25) is 0 Å². The molecule has 0 saturated carbocycles. The topological polar surface area (TPSA) is 29.3 Å². The van der Waals surface area contributed by atoms with Gasteiger partial charge in [0.25, 0.3) is 0 Å². The summed E-state index contributed by atoms with van der Waals surface area (Å²) in [5.41, 5.74) is 9.60. The third-order valence-electron chi connectivity index (χ3n) is 3.16. The number of likely N-dealkylation sites (N-methyl/N-ethyl adjacent to an activating group) is 1. The molecule has 0 heterocycles. The van der Waals surface area contributed by atoms with Crippen molar-refractivity contribution in [3.05, 3.63) is 29.3 Å². The first-order valence-electron chi connectivity index (χ1n) is 5.20. The molecule has 1 aliphatic carbocycles. The van der Waals surface area contributed by atoms with Crippen molar-refractivity contribution >= 4 is 30.5 Å². The molecule has 2 N–H and O–H groups in total. The maximum Gasteiger partial charge on any atom is 0.0316 e. The highest BCUT2D eigenvalue weighted by Gasteiger charge is 2.19. The van der Waals surface area contributed by atoms with Crippen molar-refractivity contribution in [2.75, 3.05) is 19.8 Å². The third kappa shape index (κ3) is 3.27. The molecular weight excluding hydrogens is 243 g/mol. The Bertz CT molecular complexity index is 340. The van der Waals surface area contributed by atoms with Crippen molar-refractivity contribution in [3.63, 3.8) is 0 Å². The lowest BCUT2D eigenvalue weighted by atomic mass is 9.87. The highest BCUT2D eigenvalue weighted by molar-refractivity contribution is 5.85. The highest BCUT2D eigenvalue weighted by Crippen LogP contribution is 2.25. The molecule has 1 aromatic carbocycles. The Morgan fingerprint density at radius 3 is 2.50 bits per heavy atom. The molecular formula is C12H20Cl2N2. The van der Waals surface area contributed by atoms with Crippen LogP contribution in [0.15, 0.2) is 18.2 Å². The minimum atomic E-state index is 0. The molecule has 0 radical (unpaired) electrons. The Hall–Kier alpha value is -0.440. The van der Waals surface area contributed by atoms with Crippen LogP contribution in [0.1, 0.15) is 17.5 Å². The summed E-state index contributed by atoms with van der Waals surface area (Å²) in [5.74, 6) is 0. The van der Waals surface area contributed by atoms with Crippen molar-refractivity contribution in [1.29, 1.82) is 0 Å². The van der Waals surface area contributed by atoms with Crippen LogP contribution in [-0.4, -0.2) is 25.0 Å². The molecule has 0 spiro atoms. The number of hydrogen-bond donors (Lipinski definition) is 1. The van der Waals surface area contributed by atoms with Crippen LogP contribution in [0.3, 0.4) is 0 Å². The lowest BCUT2D eigenvalue weighted by Gasteiger charge is -2.29. The first kappa shape index (κ1) is 15.6. The Morgan fingerprint density at radius 2 is 1.88 bits per heavy atom. The lowest BCUT2D eigenvalue weighted by Crippen LogP contribution is -2.33. The molecule has 1 aliphatic rings. The van der Waals surface area contributed by atoms with E-state index in [1.807, 2.05) is 6.07 Å². The van der Waals surface area contributed by atoms with Gasteiger partial charge in [-0.2, -0.15) is 0 Å². The Kier molecular flexibility index (Phi) is 6.16. The number of nitrogen functional groups attached to an aromatic ring is 1. The first-order valence-corrected chi connectivity index (χ1v) is 5.20. The molecule has 1 aromatic rings. The maximum atomic E-state index is 5.79. The summed E-state index contributed by atoms with van der Waals surface area (Å²) in [5, 5.41) is 0. The van der Waals surface area contributed by atoms with E-state index in [2.05, 4.69) is 31.1 Å². The number of rotatable bonds is 1. The van der Waals surface area contributed by atoms with Gasteiger partial charge in [-0.25, -0.2) is 0 Å². The van der Waals surface area contributed by atoms with Gasteiger partial charge >= 0.3 is 0 Å². The fourth-order valence-corrected chi connectivity index (χ4v) is 2.20. The second kappa shape index (κ2) is 6.33. The average molecular weight is 263 g/mol. The Labute approximate surface area is 110 Å². The van der Waals surface area contributed by atoms with Crippen LogP contribution < -0.4 is 5.73 Å². The molecule has 4 heteroatoms. The quantitative estimate of drug-likeness (QED) is 0.789. The van der Waals surface area contributed by atoms with E-state index in [0.717, 1.165) is 12.1 Å². The van der Waals surface area contributed by atoms with Gasteiger partial charge in [0.15, 0.2) is 0 Å². The normalized spacial score (nSPS) is 18.3. The maximum absolute atomic E-state index is 5.79. The molecule has 0 fully saturated rings. The zero-order chi connectivity index (χ0) is 10.1. The predicted molar refractivity (Wildman–Crippen MR) is 74.9 cm³/mol. The van der Waals surface area contributed by atoms with Gasteiger partial charge in [0.2, 0.25) is 0 Å². The standard InChI is InChI=1S/C12H18N2.2ClH/c1-14(2)12-6-4-9-3-5-11(13)7-10(9)8-12;;/h3,5,7,12H,4,6,8,13H2,1-2H3;2*1H. The van der Waals surface area contributed by atoms with E-state index in [9.17, 15) is 0 Å². The van der Waals surface area contributed by atoms with Gasteiger partial charge in [0.1, 0.15) is 0 Å². The van der Waals surface area contributed by atoms with E-state index in [1.54, 1.807) is 0 Å². The fourth-order valence-electron chi connectivity index (χ4n) is 2.20. The number of anilines is 1. The van der Waals surface area contributed by atoms with Crippen molar-refractivity contribution in [3.8, 4) is 0 Å². The van der Waals surface area contributed by atoms with E-state index in [-0.39, 0.29) is 24.8 Å². The van der Waals surface area contributed by atoms with Gasteiger partial charge in [-0.05, 0) is 56.6 Å². The summed E-state index contributed by atoms with van der Waals surface area (Å²) in [6, 6.07) is 7.00. The molecule has 1 atom stereocenters. The molecule has 2 rings (SSSR count). The number of fused-ring (bicyclic) bond motifs is 1. The average Bonchev–Trinajstić information content (AvgIpc) is 2.16. The fraction of sp³-hybridized carbons (Fsp3) is 0.500. The van der Waals surface area contributed by atoms with Crippen molar-refractivity contribution in [2.24, 2.45) is 0 Å². The van der Waals surface area contributed by atoms with Crippen LogP contribution in [0.4, 0.5) is 5.69 Å². The summed E-state index contributed by atoms with van der Waals surface area (Å²) < 4.78 is 0. The Balaban J connectivity index is 0.00000112. The summed E-state index contributed by atoms with van der Waals surface area (Å²) in [6.45, 7) is 0. The van der Waals surface area contributed by atoms with E-state index < -0.39 is 0 Å². The van der Waals surface area contributed by atoms with Crippen LogP contribution in [-0.2, 0) is 12.8 Å². The molecule has 16 heavy (non-hydrogen) atoms. The zero-order valence-corrected chi connectivity index (χ0v) is 11.4. The van der Waals surface area contributed by atoms with E-state index in [1.165, 1.54) is 24.0 Å². The van der Waals surface area contributed by atoms with Crippen LogP contribution in [0, 0.1) is 0 Å². The van der Waals surface area contributed by atoms with Crippen molar-refractivity contribution in [2.45, 2.75) is 25.3 Å². The number of aryl methyl sites for hydroxylation is 1. The molecule has 92 valence electrons. The number of hydrogen-bond acceptors (Lipinski definition) is 2. The molecule has 0 aromatic heterocycles. The molecule has 1 unspecified atom stereocenters. The summed E-state index contributed by atoms with van der Waals surface area (Å²) in [7, 11) is 4.31. The molecule has 0 aliphatic heterocycles. The predicted octanol–water partition coefficient (Wildman–Crippen LogP) is 2.53.